The largest absolute Gasteiger partial charge is 0.484 e. The minimum Gasteiger partial charge on any atom is -0.484 e. The first-order valence-corrected chi connectivity index (χ1v) is 12.2. The van der Waals surface area contributed by atoms with Crippen LogP contribution in [0, 0.1) is 0 Å². The maximum absolute atomic E-state index is 12.2. The van der Waals surface area contributed by atoms with Gasteiger partial charge in [0, 0.05) is 40.5 Å². The summed E-state index contributed by atoms with van der Waals surface area (Å²) in [6.45, 7) is 6.81. The molecular formula is C28H30N6O3. The van der Waals surface area contributed by atoms with Gasteiger partial charge in [-0.2, -0.15) is 5.10 Å². The number of aromatic nitrogens is 4. The highest BCUT2D eigenvalue weighted by Gasteiger charge is 2.20. The van der Waals surface area contributed by atoms with Crippen molar-refractivity contribution in [3.8, 4) is 28.3 Å². The average Bonchev–Trinajstić information content (AvgIpc) is 3.42. The van der Waals surface area contributed by atoms with Crippen LogP contribution < -0.4 is 15.4 Å². The Morgan fingerprint density at radius 2 is 1.92 bits per heavy atom. The Bertz CT molecular complexity index is 1380. The number of carbonyl (C=O) groups is 1. The van der Waals surface area contributed by atoms with Gasteiger partial charge in [0.05, 0.1) is 25.1 Å². The van der Waals surface area contributed by atoms with E-state index < -0.39 is 0 Å². The molecule has 0 spiro atoms. The summed E-state index contributed by atoms with van der Waals surface area (Å²) in [5.41, 5.74) is 5.42. The van der Waals surface area contributed by atoms with Gasteiger partial charge >= 0.3 is 0 Å². The van der Waals surface area contributed by atoms with Gasteiger partial charge in [0.25, 0.3) is 5.91 Å². The number of benzene rings is 2. The van der Waals surface area contributed by atoms with Crippen LogP contribution in [0.5, 0.6) is 5.75 Å². The van der Waals surface area contributed by atoms with Crippen molar-refractivity contribution in [2.24, 2.45) is 0 Å². The summed E-state index contributed by atoms with van der Waals surface area (Å²) in [5.74, 6) is 1.71. The van der Waals surface area contributed by atoms with Crippen LogP contribution in [0.15, 0.2) is 60.9 Å². The molecule has 1 amide bonds. The van der Waals surface area contributed by atoms with E-state index in [1.165, 1.54) is 0 Å². The van der Waals surface area contributed by atoms with E-state index in [2.05, 4.69) is 20.8 Å². The highest BCUT2D eigenvalue weighted by molar-refractivity contribution is 5.78. The molecular weight excluding hydrogens is 468 g/mol. The van der Waals surface area contributed by atoms with Crippen LogP contribution in [-0.4, -0.2) is 44.8 Å². The smallest absolute Gasteiger partial charge is 0.258 e. The molecule has 3 N–H and O–H groups in total. The third-order valence-corrected chi connectivity index (χ3v) is 5.78. The lowest BCUT2D eigenvalue weighted by atomic mass is 10.1. The number of nitrogens with one attached hydrogen (secondary N) is 3. The van der Waals surface area contributed by atoms with Crippen molar-refractivity contribution in [1.29, 1.82) is 0 Å². The summed E-state index contributed by atoms with van der Waals surface area (Å²) in [6, 6.07) is 15.6. The predicted molar refractivity (Wildman–Crippen MR) is 142 cm³/mol. The molecule has 1 aliphatic rings. The maximum Gasteiger partial charge on any atom is 0.258 e. The zero-order chi connectivity index (χ0) is 25.8. The number of carbonyl (C=O) groups excluding carboxylic acids is 1. The Hall–Kier alpha value is -4.24. The minimum absolute atomic E-state index is 0.0648. The molecule has 190 valence electrons. The highest BCUT2D eigenvalue weighted by atomic mass is 16.5. The summed E-state index contributed by atoms with van der Waals surface area (Å²) in [4.78, 5) is 21.9. The van der Waals surface area contributed by atoms with Crippen LogP contribution >= 0.6 is 0 Å². The summed E-state index contributed by atoms with van der Waals surface area (Å²) >= 11 is 0. The molecule has 0 unspecified atom stereocenters. The minimum atomic E-state index is -0.314. The van der Waals surface area contributed by atoms with E-state index in [1.807, 2.05) is 75.5 Å². The Labute approximate surface area is 215 Å². The van der Waals surface area contributed by atoms with Crippen molar-refractivity contribution in [3.05, 3.63) is 72.2 Å². The lowest BCUT2D eigenvalue weighted by Crippen LogP contribution is -2.43. The molecule has 0 saturated heterocycles. The van der Waals surface area contributed by atoms with Crippen LogP contribution in [0.2, 0.25) is 0 Å². The average molecular weight is 499 g/mol. The molecule has 2 aromatic heterocycles. The molecule has 0 saturated carbocycles. The topological polar surface area (TPSA) is 114 Å². The van der Waals surface area contributed by atoms with Crippen LogP contribution in [0.4, 0.5) is 11.5 Å². The molecule has 0 bridgehead atoms. The van der Waals surface area contributed by atoms with E-state index in [1.54, 1.807) is 6.20 Å². The van der Waals surface area contributed by atoms with Gasteiger partial charge in [-0.15, -0.1) is 0 Å². The summed E-state index contributed by atoms with van der Waals surface area (Å²) in [6.07, 6.45) is 4.37. The van der Waals surface area contributed by atoms with E-state index in [4.69, 9.17) is 19.4 Å². The zero-order valence-corrected chi connectivity index (χ0v) is 21.2. The number of hydrogen-bond donors (Lipinski definition) is 3. The van der Waals surface area contributed by atoms with Gasteiger partial charge in [0.15, 0.2) is 12.4 Å². The van der Waals surface area contributed by atoms with Gasteiger partial charge in [-0.05, 0) is 50.6 Å². The van der Waals surface area contributed by atoms with E-state index in [9.17, 15) is 4.79 Å². The van der Waals surface area contributed by atoms with Gasteiger partial charge in [-0.25, -0.2) is 9.97 Å². The molecule has 0 aliphatic carbocycles. The number of fused-ring (bicyclic) bond motifs is 1. The number of hydrogen-bond acceptors (Lipinski definition) is 7. The first-order valence-electron chi connectivity index (χ1n) is 12.2. The van der Waals surface area contributed by atoms with Crippen LogP contribution in [0.25, 0.3) is 22.5 Å². The van der Waals surface area contributed by atoms with Crippen LogP contribution in [0.3, 0.4) is 0 Å². The molecule has 0 atom stereocenters. The summed E-state index contributed by atoms with van der Waals surface area (Å²) in [7, 11) is 0. The van der Waals surface area contributed by atoms with Gasteiger partial charge in [0.1, 0.15) is 11.6 Å². The Morgan fingerprint density at radius 1 is 1.08 bits per heavy atom. The van der Waals surface area contributed by atoms with Crippen molar-refractivity contribution in [2.45, 2.75) is 39.3 Å². The molecule has 9 nitrogen and oxygen atoms in total. The summed E-state index contributed by atoms with van der Waals surface area (Å²) < 4.78 is 11.5. The molecule has 9 heteroatoms. The van der Waals surface area contributed by atoms with Crippen LogP contribution in [0.1, 0.15) is 32.0 Å². The predicted octanol–water partition coefficient (Wildman–Crippen LogP) is 4.64. The molecule has 0 fully saturated rings. The third-order valence-electron chi connectivity index (χ3n) is 5.78. The number of aromatic amines is 1. The van der Waals surface area contributed by atoms with Gasteiger partial charge in [-0.3, -0.25) is 9.89 Å². The van der Waals surface area contributed by atoms with Crippen molar-refractivity contribution in [2.75, 3.05) is 18.5 Å². The van der Waals surface area contributed by atoms with Crippen molar-refractivity contribution in [3.63, 3.8) is 0 Å². The molecule has 3 heterocycles. The standard InChI is InChI=1S/C28H30N6O3/c1-28(2,3)34-25(35)17-37-22-6-4-5-19(13-22)26-32-24-11-12-36-16-23(24)27(33-26)31-21-9-7-18(8-10-21)20-14-29-30-15-20/h4-10,13-15H,11-12,16-17H2,1-3H3,(H,29,30)(H,34,35)(H,31,32,33). The Morgan fingerprint density at radius 3 is 2.68 bits per heavy atom. The van der Waals surface area contributed by atoms with Crippen LogP contribution in [-0.2, 0) is 22.6 Å². The summed E-state index contributed by atoms with van der Waals surface area (Å²) in [5, 5.41) is 13.2. The van der Waals surface area contributed by atoms with E-state index >= 15 is 0 Å². The fourth-order valence-electron chi connectivity index (χ4n) is 4.08. The monoisotopic (exact) mass is 498 g/mol. The van der Waals surface area contributed by atoms with E-state index in [-0.39, 0.29) is 18.1 Å². The van der Waals surface area contributed by atoms with Crippen molar-refractivity contribution >= 4 is 17.4 Å². The van der Waals surface area contributed by atoms with Crippen molar-refractivity contribution < 1.29 is 14.3 Å². The molecule has 1 aliphatic heterocycles. The number of amides is 1. The fraction of sp³-hybridized carbons (Fsp3) is 0.286. The number of ether oxygens (including phenoxy) is 2. The fourth-order valence-corrected chi connectivity index (χ4v) is 4.08. The second-order valence-electron chi connectivity index (χ2n) is 9.93. The first kappa shape index (κ1) is 24.5. The number of H-pyrrole nitrogens is 1. The molecule has 2 aromatic carbocycles. The maximum atomic E-state index is 12.2. The van der Waals surface area contributed by atoms with Gasteiger partial charge in [-0.1, -0.05) is 24.3 Å². The normalized spacial score (nSPS) is 13.1. The van der Waals surface area contributed by atoms with E-state index in [0.717, 1.165) is 33.6 Å². The zero-order valence-electron chi connectivity index (χ0n) is 21.2. The van der Waals surface area contributed by atoms with Gasteiger partial charge < -0.3 is 20.1 Å². The lowest BCUT2D eigenvalue weighted by Gasteiger charge is -2.21. The molecule has 5 rings (SSSR count). The van der Waals surface area contributed by atoms with Gasteiger partial charge in [0.2, 0.25) is 0 Å². The first-order chi connectivity index (χ1) is 17.8. The molecule has 0 radical (unpaired) electrons. The SMILES string of the molecule is CC(C)(C)NC(=O)COc1cccc(-c2nc3c(c(Nc4ccc(-c5cn[nH]c5)cc4)n2)COCC3)c1. The molecule has 37 heavy (non-hydrogen) atoms. The quantitative estimate of drug-likeness (QED) is 0.340. The second-order valence-corrected chi connectivity index (χ2v) is 9.93. The second kappa shape index (κ2) is 10.4. The number of anilines is 2. The van der Waals surface area contributed by atoms with E-state index in [0.29, 0.717) is 37.0 Å². The number of rotatable bonds is 7. The van der Waals surface area contributed by atoms with Crippen molar-refractivity contribution in [1.82, 2.24) is 25.5 Å². The highest BCUT2D eigenvalue weighted by Crippen LogP contribution is 2.30. The number of nitrogens with zero attached hydrogens (tertiary/aromatic N) is 3. The molecule has 4 aromatic rings. The Balaban J connectivity index is 1.38. The lowest BCUT2D eigenvalue weighted by molar-refractivity contribution is -0.124. The third kappa shape index (κ3) is 6.13. The Kier molecular flexibility index (Phi) is 6.87.